The summed E-state index contributed by atoms with van der Waals surface area (Å²) in [5.74, 6) is 1.31. The number of ether oxygens (including phenoxy) is 1. The molecule has 0 saturated carbocycles. The number of rotatable bonds is 5. The molecule has 1 aromatic carbocycles. The van der Waals surface area contributed by atoms with Crippen molar-refractivity contribution in [2.45, 2.75) is 20.4 Å². The lowest BCUT2D eigenvalue weighted by molar-refractivity contribution is -0.123. The molecule has 0 bridgehead atoms. The number of fused-ring (bicyclic) bond motifs is 1. The Bertz CT molecular complexity index is 922. The minimum absolute atomic E-state index is 0.165. The normalized spacial score (nSPS) is 10.8. The summed E-state index contributed by atoms with van der Waals surface area (Å²) in [6.07, 6.45) is 0. The molecule has 0 saturated heterocycles. The van der Waals surface area contributed by atoms with Crippen LogP contribution < -0.4 is 15.7 Å². The van der Waals surface area contributed by atoms with Crippen LogP contribution in [0.3, 0.4) is 0 Å². The predicted octanol–water partition coefficient (Wildman–Crippen LogP) is 2.09. The molecular weight excluding hydrogens is 312 g/mol. The molecule has 7 heteroatoms. The molecule has 2 heterocycles. The zero-order valence-electron chi connectivity index (χ0n) is 13.3. The molecule has 0 aliphatic rings. The van der Waals surface area contributed by atoms with Crippen LogP contribution in [0.2, 0.25) is 0 Å². The van der Waals surface area contributed by atoms with Gasteiger partial charge in [-0.1, -0.05) is 0 Å². The average molecular weight is 328 g/mol. The molecule has 7 nitrogen and oxygen atoms in total. The lowest BCUT2D eigenvalue weighted by atomic mass is 10.2. The van der Waals surface area contributed by atoms with Gasteiger partial charge in [0, 0.05) is 17.5 Å². The molecule has 0 radical (unpaired) electrons. The van der Waals surface area contributed by atoms with Gasteiger partial charge in [0.1, 0.15) is 17.1 Å². The van der Waals surface area contributed by atoms with Crippen molar-refractivity contribution < 1.29 is 18.4 Å². The molecule has 0 atom stereocenters. The van der Waals surface area contributed by atoms with Gasteiger partial charge in [0.25, 0.3) is 5.91 Å². The number of oxazole rings is 1. The summed E-state index contributed by atoms with van der Waals surface area (Å²) in [4.78, 5) is 27.2. The smallest absolute Gasteiger partial charge is 0.336 e. The van der Waals surface area contributed by atoms with E-state index >= 15 is 0 Å². The number of amides is 1. The number of aryl methyl sites for hydroxylation is 2. The molecule has 3 aromatic rings. The molecule has 0 aliphatic heterocycles. The second-order valence-electron chi connectivity index (χ2n) is 5.27. The Morgan fingerprint density at radius 2 is 2.00 bits per heavy atom. The summed E-state index contributed by atoms with van der Waals surface area (Å²) >= 11 is 0. The van der Waals surface area contributed by atoms with Crippen molar-refractivity contribution in [3.05, 3.63) is 58.1 Å². The Kier molecular flexibility index (Phi) is 4.33. The maximum atomic E-state index is 11.8. The number of carbonyl (C=O) groups is 1. The molecule has 0 spiro atoms. The number of carbonyl (C=O) groups excluding carboxylic acids is 1. The molecule has 0 aliphatic carbocycles. The highest BCUT2D eigenvalue weighted by atomic mass is 16.5. The fourth-order valence-electron chi connectivity index (χ4n) is 2.12. The van der Waals surface area contributed by atoms with Crippen LogP contribution in [0, 0.1) is 13.8 Å². The molecule has 124 valence electrons. The topological polar surface area (TPSA) is 94.6 Å². The first-order chi connectivity index (χ1) is 11.5. The van der Waals surface area contributed by atoms with E-state index in [1.54, 1.807) is 24.3 Å². The Morgan fingerprint density at radius 3 is 2.75 bits per heavy atom. The van der Waals surface area contributed by atoms with Crippen molar-refractivity contribution >= 4 is 16.9 Å². The highest BCUT2D eigenvalue weighted by molar-refractivity contribution is 5.79. The van der Waals surface area contributed by atoms with E-state index in [0.29, 0.717) is 17.2 Å². The van der Waals surface area contributed by atoms with E-state index in [2.05, 4.69) is 10.3 Å². The SMILES string of the molecule is Cc1nc(CNC(=O)COc2ccc3ccc(=O)oc3c2)oc1C. The van der Waals surface area contributed by atoms with E-state index in [9.17, 15) is 9.59 Å². The third kappa shape index (κ3) is 3.62. The van der Waals surface area contributed by atoms with Crippen molar-refractivity contribution in [1.29, 1.82) is 0 Å². The summed E-state index contributed by atoms with van der Waals surface area (Å²) in [6, 6.07) is 8.05. The first-order valence-corrected chi connectivity index (χ1v) is 7.37. The first-order valence-electron chi connectivity index (χ1n) is 7.37. The Hall–Kier alpha value is -3.09. The number of nitrogens with one attached hydrogen (secondary N) is 1. The highest BCUT2D eigenvalue weighted by Crippen LogP contribution is 2.19. The summed E-state index contributed by atoms with van der Waals surface area (Å²) < 4.78 is 15.9. The lowest BCUT2D eigenvalue weighted by Gasteiger charge is -2.07. The predicted molar refractivity (Wildman–Crippen MR) is 85.8 cm³/mol. The summed E-state index contributed by atoms with van der Waals surface area (Å²) in [5, 5.41) is 3.44. The zero-order chi connectivity index (χ0) is 17.1. The van der Waals surface area contributed by atoms with Crippen molar-refractivity contribution in [2.24, 2.45) is 0 Å². The molecule has 3 rings (SSSR count). The molecule has 1 amide bonds. The van der Waals surface area contributed by atoms with Crippen LogP contribution in [0.25, 0.3) is 11.0 Å². The molecule has 2 aromatic heterocycles. The van der Waals surface area contributed by atoms with E-state index in [-0.39, 0.29) is 19.1 Å². The van der Waals surface area contributed by atoms with Gasteiger partial charge in [-0.15, -0.1) is 0 Å². The van der Waals surface area contributed by atoms with Crippen LogP contribution in [0.4, 0.5) is 0 Å². The largest absolute Gasteiger partial charge is 0.484 e. The number of hydrogen-bond donors (Lipinski definition) is 1. The van der Waals surface area contributed by atoms with E-state index in [4.69, 9.17) is 13.6 Å². The van der Waals surface area contributed by atoms with Gasteiger partial charge in [0.2, 0.25) is 5.89 Å². The molecule has 0 fully saturated rings. The van der Waals surface area contributed by atoms with Gasteiger partial charge in [-0.25, -0.2) is 9.78 Å². The minimum atomic E-state index is -0.436. The van der Waals surface area contributed by atoms with Crippen LogP contribution in [0.1, 0.15) is 17.3 Å². The fourth-order valence-corrected chi connectivity index (χ4v) is 2.12. The van der Waals surface area contributed by atoms with Crippen LogP contribution in [-0.4, -0.2) is 17.5 Å². The van der Waals surface area contributed by atoms with E-state index in [1.807, 2.05) is 13.8 Å². The van der Waals surface area contributed by atoms with Crippen LogP contribution in [0.5, 0.6) is 5.75 Å². The summed E-state index contributed by atoms with van der Waals surface area (Å²) in [5.41, 5.74) is 0.772. The van der Waals surface area contributed by atoms with E-state index in [0.717, 1.165) is 16.8 Å². The van der Waals surface area contributed by atoms with Gasteiger partial charge >= 0.3 is 5.63 Å². The van der Waals surface area contributed by atoms with Gasteiger partial charge < -0.3 is 18.9 Å². The van der Waals surface area contributed by atoms with E-state index in [1.165, 1.54) is 6.07 Å². The number of benzene rings is 1. The van der Waals surface area contributed by atoms with Crippen molar-refractivity contribution in [2.75, 3.05) is 6.61 Å². The molecular formula is C17H16N2O5. The van der Waals surface area contributed by atoms with Gasteiger partial charge in [-0.05, 0) is 32.0 Å². The monoisotopic (exact) mass is 328 g/mol. The second kappa shape index (κ2) is 6.57. The van der Waals surface area contributed by atoms with Gasteiger partial charge in [-0.3, -0.25) is 4.79 Å². The van der Waals surface area contributed by atoms with Crippen LogP contribution in [-0.2, 0) is 11.3 Å². The van der Waals surface area contributed by atoms with Crippen molar-refractivity contribution in [3.8, 4) is 5.75 Å². The Labute approximate surface area is 137 Å². The number of nitrogens with zero attached hydrogens (tertiary/aromatic N) is 1. The summed E-state index contributed by atoms with van der Waals surface area (Å²) in [7, 11) is 0. The third-order valence-corrected chi connectivity index (χ3v) is 3.47. The van der Waals surface area contributed by atoms with Crippen molar-refractivity contribution in [1.82, 2.24) is 10.3 Å². The molecule has 24 heavy (non-hydrogen) atoms. The average Bonchev–Trinajstić information content (AvgIpc) is 2.88. The summed E-state index contributed by atoms with van der Waals surface area (Å²) in [6.45, 7) is 3.69. The maximum absolute atomic E-state index is 11.8. The van der Waals surface area contributed by atoms with Crippen LogP contribution in [0.15, 0.2) is 44.0 Å². The van der Waals surface area contributed by atoms with Gasteiger partial charge in [0.15, 0.2) is 6.61 Å². The third-order valence-electron chi connectivity index (χ3n) is 3.47. The second-order valence-corrected chi connectivity index (χ2v) is 5.27. The zero-order valence-corrected chi connectivity index (χ0v) is 13.3. The fraction of sp³-hybridized carbons (Fsp3) is 0.235. The maximum Gasteiger partial charge on any atom is 0.336 e. The first kappa shape index (κ1) is 15.8. The molecule has 1 N–H and O–H groups in total. The standard InChI is InChI=1S/C17H16N2O5/c1-10-11(2)23-16(19-10)8-18-15(20)9-22-13-5-3-12-4-6-17(21)24-14(12)7-13/h3-7H,8-9H2,1-2H3,(H,18,20). The van der Waals surface area contributed by atoms with Gasteiger partial charge in [-0.2, -0.15) is 0 Å². The Balaban J connectivity index is 1.56. The Morgan fingerprint density at radius 1 is 1.21 bits per heavy atom. The van der Waals surface area contributed by atoms with Crippen molar-refractivity contribution in [3.63, 3.8) is 0 Å². The minimum Gasteiger partial charge on any atom is -0.484 e. The molecule has 0 unspecified atom stereocenters. The number of aromatic nitrogens is 1. The highest BCUT2D eigenvalue weighted by Gasteiger charge is 2.08. The van der Waals surface area contributed by atoms with Gasteiger partial charge in [0.05, 0.1) is 12.2 Å². The van der Waals surface area contributed by atoms with Crippen LogP contribution >= 0.6 is 0 Å². The number of hydrogen-bond acceptors (Lipinski definition) is 6. The lowest BCUT2D eigenvalue weighted by Crippen LogP contribution is -2.28. The quantitative estimate of drug-likeness (QED) is 0.721. The van der Waals surface area contributed by atoms with E-state index < -0.39 is 5.63 Å².